The number of nitrogens with one attached hydrogen (secondary N) is 1. The van der Waals surface area contributed by atoms with Gasteiger partial charge in [-0.25, -0.2) is 24.2 Å². The third kappa shape index (κ3) is 7.58. The maximum Gasteiger partial charge on any atom is 0.349 e. The smallest absolute Gasteiger partial charge is 0.349 e. The van der Waals surface area contributed by atoms with Crippen molar-refractivity contribution >= 4 is 28.9 Å². The summed E-state index contributed by atoms with van der Waals surface area (Å²) in [5.41, 5.74) is 0.968. The number of ether oxygens (including phenoxy) is 3. The fraction of sp³-hybridized carbons (Fsp3) is 0.184. The van der Waals surface area contributed by atoms with E-state index in [2.05, 4.69) is 15.0 Å². The molecule has 0 aromatic heterocycles. The number of esters is 3. The molecule has 0 radical (unpaired) electrons. The van der Waals surface area contributed by atoms with Crippen LogP contribution in [0.25, 0.3) is 22.6 Å². The van der Waals surface area contributed by atoms with Crippen LogP contribution in [0, 0.1) is 13.8 Å². The van der Waals surface area contributed by atoms with Crippen molar-refractivity contribution in [3.05, 3.63) is 152 Å². The summed E-state index contributed by atoms with van der Waals surface area (Å²) in [4.78, 5) is 76.9. The van der Waals surface area contributed by atoms with Crippen LogP contribution >= 0.6 is 0 Å². The molecule has 13 nitrogen and oxygen atoms in total. The van der Waals surface area contributed by atoms with Gasteiger partial charge in [0.05, 0.1) is 40.9 Å². The summed E-state index contributed by atoms with van der Waals surface area (Å²) in [6.07, 6.45) is -4.74. The summed E-state index contributed by atoms with van der Waals surface area (Å²) in [7, 11) is 0. The number of nitrogens with zero attached hydrogens (tertiary/aromatic N) is 3. The Balaban J connectivity index is 1.53. The Hall–Kier alpha value is -6.47. The Morgan fingerprint density at radius 1 is 0.706 bits per heavy atom. The van der Waals surface area contributed by atoms with Gasteiger partial charge in [0.15, 0.2) is 29.8 Å². The minimum atomic E-state index is -1.64. The van der Waals surface area contributed by atoms with E-state index in [1.165, 1.54) is 41.0 Å². The molecule has 0 amide bonds. The number of hydrogen-bond donors (Lipinski definition) is 2. The molecular formula is C38H32N4O9. The molecule has 3 atom stereocenters. The van der Waals surface area contributed by atoms with Gasteiger partial charge >= 0.3 is 23.6 Å². The van der Waals surface area contributed by atoms with Gasteiger partial charge in [-0.15, -0.1) is 0 Å². The maximum atomic E-state index is 13.7. The van der Waals surface area contributed by atoms with Crippen LogP contribution in [0.5, 0.6) is 0 Å². The highest BCUT2D eigenvalue weighted by Gasteiger charge is 2.40. The predicted octanol–water partition coefficient (Wildman–Crippen LogP) is 3.87. The maximum absolute atomic E-state index is 13.7. The molecule has 13 heteroatoms. The first-order valence-corrected chi connectivity index (χ1v) is 15.9. The fourth-order valence-corrected chi connectivity index (χ4v) is 5.55. The van der Waals surface area contributed by atoms with Crippen molar-refractivity contribution in [2.45, 2.75) is 38.7 Å². The molecule has 4 aromatic carbocycles. The Morgan fingerprint density at radius 3 is 1.73 bits per heavy atom. The molecule has 258 valence electrons. The molecule has 0 aliphatic carbocycles. The highest BCUT2D eigenvalue weighted by atomic mass is 16.6. The molecule has 2 heterocycles. The number of rotatable bonds is 11. The van der Waals surface area contributed by atoms with Crippen molar-refractivity contribution < 1.29 is 33.7 Å². The SMILES string of the molecule is Cc1cc2nc3c(=O)[nH]c(=O)nc-3n(CC(OC(=O)c3ccccc3)C(OC(=O)c3ccccc3)C(CO)OC(=O)c3ccccc3)c2cc1C. The normalized spacial score (nSPS) is 12.9. The van der Waals surface area contributed by atoms with Crippen LogP contribution in [-0.4, -0.2) is 67.5 Å². The first kappa shape index (κ1) is 34.4. The zero-order valence-corrected chi connectivity index (χ0v) is 27.5. The molecule has 2 N–H and O–H groups in total. The summed E-state index contributed by atoms with van der Waals surface area (Å²) < 4.78 is 19.2. The predicted molar refractivity (Wildman–Crippen MR) is 185 cm³/mol. The zero-order valence-electron chi connectivity index (χ0n) is 27.5. The van der Waals surface area contributed by atoms with E-state index in [9.17, 15) is 29.1 Å². The molecule has 4 aromatic rings. The standard InChI is InChI=1S/C38H32N4O9/c1-22-18-27-28(19-23(22)2)42(33-31(39-27)34(44)41-38(48)40-33)20-29(49-35(45)24-12-6-3-7-13-24)32(51-37(47)26-16-10-5-11-17-26)30(21-43)50-36(46)25-14-8-4-9-15-25/h3-19,29-30,32,43H,20-21H2,1-2H3,(H,41,44,48). The van der Waals surface area contributed by atoms with Gasteiger partial charge in [0.1, 0.15) is 0 Å². The minimum Gasteiger partial charge on any atom is -0.453 e. The summed E-state index contributed by atoms with van der Waals surface area (Å²) in [6.45, 7) is 2.47. The summed E-state index contributed by atoms with van der Waals surface area (Å²) in [5, 5.41) is 10.7. The lowest BCUT2D eigenvalue weighted by atomic mass is 10.0. The number of benzene rings is 4. The Morgan fingerprint density at radius 2 is 1.20 bits per heavy atom. The van der Waals surface area contributed by atoms with Crippen molar-refractivity contribution in [2.24, 2.45) is 0 Å². The lowest BCUT2D eigenvalue weighted by Crippen LogP contribution is -2.49. The molecule has 0 bridgehead atoms. The molecule has 2 aliphatic heterocycles. The van der Waals surface area contributed by atoms with Crippen LogP contribution in [-0.2, 0) is 20.8 Å². The third-order valence-electron chi connectivity index (χ3n) is 8.29. The molecule has 3 unspecified atom stereocenters. The quantitative estimate of drug-likeness (QED) is 0.115. The van der Waals surface area contributed by atoms with Gasteiger partial charge in [-0.2, -0.15) is 4.98 Å². The van der Waals surface area contributed by atoms with E-state index >= 15 is 0 Å². The van der Waals surface area contributed by atoms with E-state index in [4.69, 9.17) is 14.2 Å². The highest BCUT2D eigenvalue weighted by Crippen LogP contribution is 2.27. The second kappa shape index (κ2) is 15.0. The highest BCUT2D eigenvalue weighted by molar-refractivity contribution is 5.91. The molecule has 0 saturated carbocycles. The number of aromatic nitrogens is 4. The monoisotopic (exact) mass is 688 g/mol. The van der Waals surface area contributed by atoms with Gasteiger partial charge in [0, 0.05) is 0 Å². The second-order valence-corrected chi connectivity index (χ2v) is 11.7. The minimum absolute atomic E-state index is 0.129. The van der Waals surface area contributed by atoms with E-state index in [-0.39, 0.29) is 28.2 Å². The van der Waals surface area contributed by atoms with Crippen molar-refractivity contribution in [3.63, 3.8) is 0 Å². The van der Waals surface area contributed by atoms with Crippen LogP contribution in [0.1, 0.15) is 42.2 Å². The van der Waals surface area contributed by atoms with E-state index < -0.39 is 60.6 Å². The molecule has 0 saturated heterocycles. The van der Waals surface area contributed by atoms with Crippen LogP contribution < -0.4 is 11.2 Å². The van der Waals surface area contributed by atoms with Crippen molar-refractivity contribution in [1.82, 2.24) is 19.5 Å². The number of aliphatic hydroxyl groups is 1. The summed E-state index contributed by atoms with van der Waals surface area (Å²) in [6, 6.07) is 27.5. The molecule has 0 fully saturated rings. The topological polar surface area (TPSA) is 180 Å². The largest absolute Gasteiger partial charge is 0.453 e. The lowest BCUT2D eigenvalue weighted by Gasteiger charge is -2.33. The van der Waals surface area contributed by atoms with E-state index in [0.29, 0.717) is 11.0 Å². The van der Waals surface area contributed by atoms with E-state index in [0.717, 1.165) is 11.1 Å². The number of fused-ring (bicyclic) bond motifs is 2. The zero-order chi connectivity index (χ0) is 36.1. The second-order valence-electron chi connectivity index (χ2n) is 11.7. The fourth-order valence-electron chi connectivity index (χ4n) is 5.55. The van der Waals surface area contributed by atoms with E-state index in [1.807, 2.05) is 13.8 Å². The van der Waals surface area contributed by atoms with Gasteiger partial charge < -0.3 is 23.9 Å². The first-order chi connectivity index (χ1) is 24.6. The van der Waals surface area contributed by atoms with Crippen LogP contribution in [0.2, 0.25) is 0 Å². The van der Waals surface area contributed by atoms with Crippen molar-refractivity contribution in [1.29, 1.82) is 0 Å². The molecule has 2 aliphatic rings. The number of H-pyrrole nitrogens is 1. The Bertz CT molecular complexity index is 2290. The average Bonchev–Trinajstić information content (AvgIpc) is 3.14. The first-order valence-electron chi connectivity index (χ1n) is 15.9. The van der Waals surface area contributed by atoms with Crippen molar-refractivity contribution in [3.8, 4) is 11.5 Å². The summed E-state index contributed by atoms with van der Waals surface area (Å²) >= 11 is 0. The Labute approximate surface area is 290 Å². The van der Waals surface area contributed by atoms with Gasteiger partial charge in [-0.3, -0.25) is 9.78 Å². The van der Waals surface area contributed by atoms with Crippen LogP contribution in [0.4, 0.5) is 0 Å². The molecule has 6 rings (SSSR count). The number of aliphatic hydroxyl groups excluding tert-OH is 1. The molecule has 51 heavy (non-hydrogen) atoms. The van der Waals surface area contributed by atoms with Crippen LogP contribution in [0.3, 0.4) is 0 Å². The number of aryl methyl sites for hydroxylation is 2. The molecular weight excluding hydrogens is 656 g/mol. The molecule has 0 spiro atoms. The average molecular weight is 689 g/mol. The number of carbonyl (C=O) groups is 3. The van der Waals surface area contributed by atoms with Gasteiger partial charge in [0.25, 0.3) is 5.56 Å². The Kier molecular flexibility index (Phi) is 10.1. The number of aromatic amines is 1. The number of hydrogen-bond acceptors (Lipinski definition) is 11. The van der Waals surface area contributed by atoms with E-state index in [1.54, 1.807) is 66.7 Å². The van der Waals surface area contributed by atoms with Gasteiger partial charge in [-0.1, -0.05) is 54.6 Å². The number of carbonyl (C=O) groups excluding carboxylic acids is 3. The van der Waals surface area contributed by atoms with Gasteiger partial charge in [-0.05, 0) is 73.5 Å². The van der Waals surface area contributed by atoms with Crippen molar-refractivity contribution in [2.75, 3.05) is 6.61 Å². The summed E-state index contributed by atoms with van der Waals surface area (Å²) in [5.74, 6) is -2.69. The lowest BCUT2D eigenvalue weighted by molar-refractivity contribution is -0.102. The van der Waals surface area contributed by atoms with Gasteiger partial charge in [0.2, 0.25) is 0 Å². The van der Waals surface area contributed by atoms with Crippen LogP contribution in [0.15, 0.2) is 113 Å². The third-order valence-corrected chi connectivity index (χ3v) is 8.29.